The summed E-state index contributed by atoms with van der Waals surface area (Å²) in [6.07, 6.45) is 2.79. The molecule has 0 spiro atoms. The number of hydrogen-bond donors (Lipinski definition) is 2. The summed E-state index contributed by atoms with van der Waals surface area (Å²) in [4.78, 5) is 30.3. The van der Waals surface area contributed by atoms with E-state index in [0.29, 0.717) is 30.5 Å². The molecule has 0 radical (unpaired) electrons. The Hall–Kier alpha value is -3.97. The van der Waals surface area contributed by atoms with Gasteiger partial charge in [-0.2, -0.15) is 0 Å². The molecule has 7 heteroatoms. The van der Waals surface area contributed by atoms with Gasteiger partial charge in [-0.1, -0.05) is 30.4 Å². The summed E-state index contributed by atoms with van der Waals surface area (Å²) in [6, 6.07) is 13.1. The van der Waals surface area contributed by atoms with Gasteiger partial charge in [-0.3, -0.25) is 19.0 Å². The number of benzene rings is 2. The lowest BCUT2D eigenvalue weighted by Crippen LogP contribution is -2.30. The lowest BCUT2D eigenvalue weighted by atomic mass is 9.99. The van der Waals surface area contributed by atoms with Crippen molar-refractivity contribution >= 4 is 44.0 Å². The zero-order chi connectivity index (χ0) is 23.8. The third kappa shape index (κ3) is 3.54. The Morgan fingerprint density at radius 3 is 2.71 bits per heavy atom. The van der Waals surface area contributed by atoms with Crippen LogP contribution < -0.4 is 15.6 Å². The molecular formula is C27H25N3O4. The number of aromatic nitrogens is 2. The van der Waals surface area contributed by atoms with Gasteiger partial charge in [0.15, 0.2) is 6.61 Å². The van der Waals surface area contributed by atoms with E-state index in [1.54, 1.807) is 10.6 Å². The largest absolute Gasteiger partial charge is 0.483 e. The van der Waals surface area contributed by atoms with Crippen molar-refractivity contribution in [1.82, 2.24) is 14.7 Å². The molecule has 0 aliphatic heterocycles. The van der Waals surface area contributed by atoms with Gasteiger partial charge < -0.3 is 15.2 Å². The summed E-state index contributed by atoms with van der Waals surface area (Å²) in [5.41, 5.74) is 4.06. The van der Waals surface area contributed by atoms with E-state index in [9.17, 15) is 9.59 Å². The van der Waals surface area contributed by atoms with Crippen molar-refractivity contribution in [1.29, 1.82) is 0 Å². The molecule has 3 aromatic heterocycles. The molecule has 0 saturated carbocycles. The van der Waals surface area contributed by atoms with E-state index in [2.05, 4.69) is 16.9 Å². The summed E-state index contributed by atoms with van der Waals surface area (Å²) >= 11 is 0. The standard InChI is InChI=1S/C27H25N3O4/c1-16(2)14-20-22(34-15-23(32)28-11-5-13-31)9-8-21-24(20)19-10-12-29-25-17-6-3-4-7-18(17)27(33)30(21)26(19)25/h3-4,6-10,12,31H,1,5,11,13-15H2,2H3,(H,28,32). The number of amides is 1. The molecule has 0 atom stereocenters. The second-order valence-corrected chi connectivity index (χ2v) is 8.53. The quantitative estimate of drug-likeness (QED) is 0.212. The Morgan fingerprint density at radius 1 is 1.15 bits per heavy atom. The van der Waals surface area contributed by atoms with E-state index in [1.165, 1.54) is 0 Å². The number of carbonyl (C=O) groups is 1. The number of aliphatic hydroxyl groups is 1. The number of ether oxygens (including phenoxy) is 1. The fourth-order valence-corrected chi connectivity index (χ4v) is 4.62. The highest BCUT2D eigenvalue weighted by atomic mass is 16.5. The predicted octanol–water partition coefficient (Wildman–Crippen LogP) is 3.59. The average Bonchev–Trinajstić information content (AvgIpc) is 3.17. The topological polar surface area (TPSA) is 92.9 Å². The molecule has 172 valence electrons. The van der Waals surface area contributed by atoms with Crippen LogP contribution in [0.25, 0.3) is 38.1 Å². The Labute approximate surface area is 195 Å². The van der Waals surface area contributed by atoms with Crippen LogP contribution in [-0.4, -0.2) is 40.2 Å². The van der Waals surface area contributed by atoms with Gasteiger partial charge in [-0.05, 0) is 44.0 Å². The summed E-state index contributed by atoms with van der Waals surface area (Å²) < 4.78 is 7.68. The molecule has 1 amide bonds. The van der Waals surface area contributed by atoms with Crippen LogP contribution in [-0.2, 0) is 11.2 Å². The number of aliphatic hydroxyl groups excluding tert-OH is 1. The fraction of sp³-hybridized carbons (Fsp3) is 0.222. The first kappa shape index (κ1) is 21.9. The molecule has 0 aliphatic carbocycles. The van der Waals surface area contributed by atoms with Crippen LogP contribution in [0.1, 0.15) is 18.9 Å². The smallest absolute Gasteiger partial charge is 0.263 e. The van der Waals surface area contributed by atoms with Crippen molar-refractivity contribution in [3.8, 4) is 5.75 Å². The lowest BCUT2D eigenvalue weighted by Gasteiger charge is -2.13. The summed E-state index contributed by atoms with van der Waals surface area (Å²) in [7, 11) is 0. The van der Waals surface area contributed by atoms with Gasteiger partial charge in [0, 0.05) is 46.5 Å². The van der Waals surface area contributed by atoms with Crippen molar-refractivity contribution in [3.05, 3.63) is 76.7 Å². The molecule has 0 aliphatic rings. The van der Waals surface area contributed by atoms with E-state index in [1.807, 2.05) is 49.4 Å². The van der Waals surface area contributed by atoms with Gasteiger partial charge in [0.2, 0.25) is 0 Å². The van der Waals surface area contributed by atoms with Crippen LogP contribution in [0.15, 0.2) is 65.6 Å². The normalized spacial score (nSPS) is 11.6. The zero-order valence-electron chi connectivity index (χ0n) is 18.9. The number of pyridine rings is 2. The number of allylic oxidation sites excluding steroid dienone is 1. The van der Waals surface area contributed by atoms with Crippen LogP contribution >= 0.6 is 0 Å². The molecule has 0 bridgehead atoms. The van der Waals surface area contributed by atoms with Crippen LogP contribution in [0.4, 0.5) is 0 Å². The lowest BCUT2D eigenvalue weighted by molar-refractivity contribution is -0.123. The highest BCUT2D eigenvalue weighted by Crippen LogP contribution is 2.38. The van der Waals surface area contributed by atoms with Crippen LogP contribution in [0.2, 0.25) is 0 Å². The van der Waals surface area contributed by atoms with E-state index >= 15 is 0 Å². The van der Waals surface area contributed by atoms with Gasteiger partial charge in [0.05, 0.1) is 16.6 Å². The molecule has 5 rings (SSSR count). The second kappa shape index (κ2) is 8.76. The Bertz CT molecular complexity index is 1620. The number of rotatable bonds is 8. The zero-order valence-corrected chi connectivity index (χ0v) is 18.9. The van der Waals surface area contributed by atoms with Crippen LogP contribution in [0.5, 0.6) is 5.75 Å². The molecular weight excluding hydrogens is 430 g/mol. The third-order valence-corrected chi connectivity index (χ3v) is 6.02. The average molecular weight is 456 g/mol. The highest BCUT2D eigenvalue weighted by Gasteiger charge is 2.22. The molecule has 0 unspecified atom stereocenters. The first-order valence-electron chi connectivity index (χ1n) is 11.2. The Balaban J connectivity index is 1.73. The molecule has 2 N–H and O–H groups in total. The summed E-state index contributed by atoms with van der Waals surface area (Å²) in [5.74, 6) is 0.321. The minimum absolute atomic E-state index is 0.0179. The number of nitrogens with one attached hydrogen (secondary N) is 1. The Morgan fingerprint density at radius 2 is 1.94 bits per heavy atom. The monoisotopic (exact) mass is 455 g/mol. The van der Waals surface area contributed by atoms with Gasteiger partial charge in [-0.25, -0.2) is 0 Å². The summed E-state index contributed by atoms with van der Waals surface area (Å²) in [5, 5.41) is 14.9. The van der Waals surface area contributed by atoms with Crippen LogP contribution in [0.3, 0.4) is 0 Å². The maximum Gasteiger partial charge on any atom is 0.263 e. The number of nitrogens with zero attached hydrogens (tertiary/aromatic N) is 2. The second-order valence-electron chi connectivity index (χ2n) is 8.53. The third-order valence-electron chi connectivity index (χ3n) is 6.02. The van der Waals surface area contributed by atoms with Crippen molar-refractivity contribution in [2.24, 2.45) is 0 Å². The number of carbonyl (C=O) groups excluding carboxylic acids is 1. The highest BCUT2D eigenvalue weighted by molar-refractivity contribution is 6.19. The Kier molecular flexibility index (Phi) is 5.63. The van der Waals surface area contributed by atoms with Gasteiger partial charge in [-0.15, -0.1) is 0 Å². The number of hydrogen-bond acceptors (Lipinski definition) is 5. The van der Waals surface area contributed by atoms with Crippen LogP contribution in [0, 0.1) is 0 Å². The molecule has 7 nitrogen and oxygen atoms in total. The molecule has 34 heavy (non-hydrogen) atoms. The van der Waals surface area contributed by atoms with Crippen molar-refractivity contribution in [2.45, 2.75) is 19.8 Å². The van der Waals surface area contributed by atoms with E-state index < -0.39 is 0 Å². The molecule has 3 heterocycles. The predicted molar refractivity (Wildman–Crippen MR) is 134 cm³/mol. The van der Waals surface area contributed by atoms with Gasteiger partial charge in [0.25, 0.3) is 11.5 Å². The van der Waals surface area contributed by atoms with Crippen molar-refractivity contribution in [2.75, 3.05) is 19.8 Å². The van der Waals surface area contributed by atoms with Gasteiger partial charge >= 0.3 is 0 Å². The number of fused-ring (bicyclic) bond motifs is 5. The van der Waals surface area contributed by atoms with E-state index in [4.69, 9.17) is 9.84 Å². The van der Waals surface area contributed by atoms with E-state index in [-0.39, 0.29) is 24.7 Å². The maximum atomic E-state index is 13.5. The molecule has 5 aromatic rings. The SMILES string of the molecule is C=C(C)Cc1c(OCC(=O)NCCCO)ccc2c1c1ccnc3c4ccccc4c(=O)n2c13. The first-order chi connectivity index (χ1) is 16.5. The van der Waals surface area contributed by atoms with Gasteiger partial charge in [0.1, 0.15) is 5.75 Å². The molecule has 2 aromatic carbocycles. The van der Waals surface area contributed by atoms with Crippen molar-refractivity contribution in [3.63, 3.8) is 0 Å². The minimum atomic E-state index is -0.257. The molecule has 0 fully saturated rings. The minimum Gasteiger partial charge on any atom is -0.483 e. The first-order valence-corrected chi connectivity index (χ1v) is 11.2. The summed E-state index contributed by atoms with van der Waals surface area (Å²) in [6.45, 7) is 6.29. The molecule has 0 saturated heterocycles. The van der Waals surface area contributed by atoms with Crippen molar-refractivity contribution < 1.29 is 14.6 Å². The van der Waals surface area contributed by atoms with E-state index in [0.717, 1.165) is 43.8 Å². The fourth-order valence-electron chi connectivity index (χ4n) is 4.62. The maximum absolute atomic E-state index is 13.5.